The molecule has 0 amide bonds. The summed E-state index contributed by atoms with van der Waals surface area (Å²) in [5.74, 6) is 0. The van der Waals surface area contributed by atoms with E-state index in [9.17, 15) is 0 Å². The third-order valence-corrected chi connectivity index (χ3v) is 2.72. The Hall–Kier alpha value is 0.130. The maximum atomic E-state index is 5.42. The largest absolute Gasteiger partial charge is 0.345 e. The van der Waals surface area contributed by atoms with Gasteiger partial charge in [-0.25, -0.2) is 0 Å². The molecule has 0 bridgehead atoms. The van der Waals surface area contributed by atoms with Crippen LogP contribution in [0.1, 0.15) is 20.8 Å². The van der Waals surface area contributed by atoms with E-state index in [-0.39, 0.29) is 5.41 Å². The van der Waals surface area contributed by atoms with Gasteiger partial charge >= 0.3 is 0 Å². The normalized spacial score (nSPS) is 21.9. The van der Waals surface area contributed by atoms with Gasteiger partial charge in [0.05, 0.1) is 12.1 Å². The van der Waals surface area contributed by atoms with Gasteiger partial charge in [0.2, 0.25) is 0 Å². The van der Waals surface area contributed by atoms with Gasteiger partial charge in [-0.05, 0) is 0 Å². The Bertz CT molecular complexity index is 132. The van der Waals surface area contributed by atoms with Gasteiger partial charge in [-0.2, -0.15) is 0 Å². The van der Waals surface area contributed by atoms with E-state index in [2.05, 4.69) is 20.8 Å². The van der Waals surface area contributed by atoms with Crippen molar-refractivity contribution in [3.05, 3.63) is 0 Å². The first kappa shape index (κ1) is 7.24. The van der Waals surface area contributed by atoms with Crippen molar-refractivity contribution in [2.45, 2.75) is 20.8 Å². The van der Waals surface area contributed by atoms with Crippen LogP contribution in [0.3, 0.4) is 0 Å². The van der Waals surface area contributed by atoms with Crippen LogP contribution in [0.15, 0.2) is 0 Å². The van der Waals surface area contributed by atoms with Crippen molar-refractivity contribution in [3.8, 4) is 0 Å². The lowest BCUT2D eigenvalue weighted by Crippen LogP contribution is -2.18. The molecule has 0 aromatic carbocycles. The number of hydrogen-bond acceptors (Lipinski definition) is 1. The second-order valence-corrected chi connectivity index (χ2v) is 4.45. The summed E-state index contributed by atoms with van der Waals surface area (Å²) in [6, 6.07) is 0. The highest BCUT2D eigenvalue weighted by molar-refractivity contribution is 7.40. The van der Waals surface area contributed by atoms with E-state index in [0.29, 0.717) is 0 Å². The van der Waals surface area contributed by atoms with Gasteiger partial charge < -0.3 is 4.74 Å². The first-order valence-corrected chi connectivity index (χ1v) is 4.36. The van der Waals surface area contributed by atoms with Crippen LogP contribution < -0.4 is 0 Å². The van der Waals surface area contributed by atoms with Crippen molar-refractivity contribution in [2.24, 2.45) is 5.41 Å². The van der Waals surface area contributed by atoms with Crippen LogP contribution in [0.2, 0.25) is 0 Å². The van der Waals surface area contributed by atoms with Gasteiger partial charge in [-0.1, -0.05) is 29.0 Å². The average molecular weight is 144 g/mol. The Morgan fingerprint density at radius 3 is 2.33 bits per heavy atom. The van der Waals surface area contributed by atoms with Crippen molar-refractivity contribution in [1.29, 1.82) is 0 Å². The molecule has 0 fully saturated rings. The van der Waals surface area contributed by atoms with Crippen LogP contribution in [0, 0.1) is 5.41 Å². The van der Waals surface area contributed by atoms with E-state index in [1.54, 1.807) is 0 Å². The minimum Gasteiger partial charge on any atom is -0.345 e. The van der Waals surface area contributed by atoms with Crippen molar-refractivity contribution in [1.82, 2.24) is 0 Å². The summed E-state index contributed by atoms with van der Waals surface area (Å²) in [6.45, 7) is 7.51. The monoisotopic (exact) mass is 144 g/mol. The molecule has 0 aliphatic carbocycles. The molecule has 0 unspecified atom stereocenters. The SMILES string of the molecule is CC(C)(C)C1=PCCO1. The zero-order chi connectivity index (χ0) is 6.91. The molecule has 1 aliphatic rings. The zero-order valence-corrected chi connectivity index (χ0v) is 7.16. The Balaban J connectivity index is 2.61. The maximum Gasteiger partial charge on any atom is 0.0799 e. The molecule has 0 spiro atoms. The third-order valence-electron chi connectivity index (χ3n) is 1.23. The summed E-state index contributed by atoms with van der Waals surface area (Å²) in [7, 11) is 1.39. The summed E-state index contributed by atoms with van der Waals surface area (Å²) in [5, 5.41) is 0. The predicted octanol–water partition coefficient (Wildman–Crippen LogP) is 2.14. The van der Waals surface area contributed by atoms with Crippen molar-refractivity contribution < 1.29 is 4.74 Å². The fourth-order valence-corrected chi connectivity index (χ4v) is 1.83. The molecule has 52 valence electrons. The minimum atomic E-state index is 0.262. The van der Waals surface area contributed by atoms with Crippen molar-refractivity contribution >= 4 is 13.7 Å². The fraction of sp³-hybridized carbons (Fsp3) is 0.857. The fourth-order valence-electron chi connectivity index (χ4n) is 0.789. The Morgan fingerprint density at radius 1 is 1.44 bits per heavy atom. The topological polar surface area (TPSA) is 9.23 Å². The lowest BCUT2D eigenvalue weighted by atomic mass is 9.98. The van der Waals surface area contributed by atoms with Gasteiger partial charge in [0.25, 0.3) is 0 Å². The summed E-state index contributed by atoms with van der Waals surface area (Å²) in [6.07, 6.45) is 1.19. The van der Waals surface area contributed by atoms with Crippen LogP contribution >= 0.6 is 8.20 Å². The second-order valence-electron chi connectivity index (χ2n) is 3.29. The van der Waals surface area contributed by atoms with Crippen LogP contribution in [0.25, 0.3) is 0 Å². The zero-order valence-electron chi connectivity index (χ0n) is 6.27. The summed E-state index contributed by atoms with van der Waals surface area (Å²) >= 11 is 0. The molecular formula is C7H13OP. The molecule has 9 heavy (non-hydrogen) atoms. The van der Waals surface area contributed by atoms with Crippen LogP contribution in [-0.4, -0.2) is 18.2 Å². The van der Waals surface area contributed by atoms with E-state index in [0.717, 1.165) is 6.61 Å². The van der Waals surface area contributed by atoms with Gasteiger partial charge in [0.1, 0.15) is 0 Å². The van der Waals surface area contributed by atoms with Crippen molar-refractivity contribution in [3.63, 3.8) is 0 Å². The van der Waals surface area contributed by atoms with E-state index in [1.165, 1.54) is 19.8 Å². The molecule has 0 N–H and O–H groups in total. The molecule has 1 heterocycles. The van der Waals surface area contributed by atoms with Crippen molar-refractivity contribution in [2.75, 3.05) is 12.8 Å². The summed E-state index contributed by atoms with van der Waals surface area (Å²) in [4.78, 5) is 0. The van der Waals surface area contributed by atoms with E-state index >= 15 is 0 Å². The smallest absolute Gasteiger partial charge is 0.0799 e. The minimum absolute atomic E-state index is 0.262. The molecule has 0 aromatic rings. The highest BCUT2D eigenvalue weighted by Crippen LogP contribution is 2.25. The molecule has 0 saturated carbocycles. The standard InChI is InChI=1S/C7H13OP/c1-7(2,3)6-8-4-5-9-6/h4-5H2,1-3H3. The maximum absolute atomic E-state index is 5.42. The number of hydrogen-bond donors (Lipinski definition) is 0. The number of rotatable bonds is 0. The molecule has 0 aromatic heterocycles. The van der Waals surface area contributed by atoms with Crippen LogP contribution in [-0.2, 0) is 4.74 Å². The molecule has 2 heteroatoms. The van der Waals surface area contributed by atoms with E-state index < -0.39 is 0 Å². The van der Waals surface area contributed by atoms with Gasteiger partial charge in [-0.3, -0.25) is 0 Å². The van der Waals surface area contributed by atoms with Gasteiger partial charge in [0, 0.05) is 11.6 Å². The quantitative estimate of drug-likeness (QED) is 0.473. The molecule has 0 atom stereocenters. The highest BCUT2D eigenvalue weighted by Gasteiger charge is 2.20. The average Bonchev–Trinajstić information content (AvgIpc) is 2.08. The molecule has 1 nitrogen and oxygen atoms in total. The molecule has 0 saturated heterocycles. The second kappa shape index (κ2) is 2.40. The first-order valence-electron chi connectivity index (χ1n) is 3.28. The van der Waals surface area contributed by atoms with E-state index in [1.807, 2.05) is 0 Å². The molecular weight excluding hydrogens is 131 g/mol. The molecule has 1 rings (SSSR count). The Labute approximate surface area is 58.2 Å². The van der Waals surface area contributed by atoms with Gasteiger partial charge in [-0.15, -0.1) is 0 Å². The third kappa shape index (κ3) is 1.77. The van der Waals surface area contributed by atoms with Crippen LogP contribution in [0.4, 0.5) is 0 Å². The van der Waals surface area contributed by atoms with Crippen LogP contribution in [0.5, 0.6) is 0 Å². The summed E-state index contributed by atoms with van der Waals surface area (Å²) < 4.78 is 5.42. The lowest BCUT2D eigenvalue weighted by molar-refractivity contribution is 0.302. The number of ether oxygens (including phenoxy) is 1. The van der Waals surface area contributed by atoms with Gasteiger partial charge in [0.15, 0.2) is 0 Å². The van der Waals surface area contributed by atoms with E-state index in [4.69, 9.17) is 4.74 Å². The molecule has 0 radical (unpaired) electrons. The predicted molar refractivity (Wildman–Crippen MR) is 42.2 cm³/mol. The Morgan fingerprint density at radius 2 is 2.11 bits per heavy atom. The Kier molecular flexibility index (Phi) is 1.93. The summed E-state index contributed by atoms with van der Waals surface area (Å²) in [5.41, 5.74) is 1.51. The highest BCUT2D eigenvalue weighted by atomic mass is 31.1. The first-order chi connectivity index (χ1) is 4.11. The lowest BCUT2D eigenvalue weighted by Gasteiger charge is -2.17. The molecule has 1 aliphatic heterocycles.